The molecule has 17 heavy (non-hydrogen) atoms. The highest BCUT2D eigenvalue weighted by molar-refractivity contribution is 5.82. The van der Waals surface area contributed by atoms with Gasteiger partial charge in [0, 0.05) is 12.6 Å². The molecule has 0 saturated carbocycles. The number of rotatable bonds is 3. The normalized spacial score (nSPS) is 20.6. The Labute approximate surface area is 103 Å². The Morgan fingerprint density at radius 1 is 1.53 bits per heavy atom. The molecular formula is C12H24N2O3. The van der Waals surface area contributed by atoms with E-state index in [1.165, 1.54) is 7.11 Å². The second-order valence-corrected chi connectivity index (χ2v) is 4.62. The van der Waals surface area contributed by atoms with E-state index in [1.54, 1.807) is 0 Å². The van der Waals surface area contributed by atoms with Crippen molar-refractivity contribution in [3.8, 4) is 0 Å². The molecule has 1 heterocycles. The highest BCUT2D eigenvalue weighted by Crippen LogP contribution is 2.18. The molecule has 5 heteroatoms. The first-order chi connectivity index (χ1) is 7.95. The maximum absolute atomic E-state index is 11.8. The van der Waals surface area contributed by atoms with Gasteiger partial charge in [0.25, 0.3) is 6.47 Å². The van der Waals surface area contributed by atoms with Crippen LogP contribution in [0.4, 0.5) is 0 Å². The quantitative estimate of drug-likeness (QED) is 0.744. The van der Waals surface area contributed by atoms with E-state index in [9.17, 15) is 4.79 Å². The fourth-order valence-electron chi connectivity index (χ4n) is 1.74. The summed E-state index contributed by atoms with van der Waals surface area (Å²) in [5.41, 5.74) is 5.81. The smallest absolute Gasteiger partial charge is 0.292 e. The van der Waals surface area contributed by atoms with Gasteiger partial charge < -0.3 is 15.4 Å². The van der Waals surface area contributed by atoms with E-state index < -0.39 is 0 Å². The second kappa shape index (κ2) is 8.06. The third-order valence-electron chi connectivity index (χ3n) is 2.94. The molecule has 1 amide bonds. The van der Waals surface area contributed by atoms with Gasteiger partial charge in [-0.15, -0.1) is 0 Å². The van der Waals surface area contributed by atoms with Crippen LogP contribution >= 0.6 is 0 Å². The van der Waals surface area contributed by atoms with E-state index in [4.69, 9.17) is 10.5 Å². The van der Waals surface area contributed by atoms with Crippen LogP contribution in [0.25, 0.3) is 0 Å². The Kier molecular flexibility index (Phi) is 7.54. The van der Waals surface area contributed by atoms with Crippen molar-refractivity contribution >= 4 is 12.4 Å². The topological polar surface area (TPSA) is 72.6 Å². The molecule has 1 aliphatic rings. The average molecular weight is 244 g/mol. The van der Waals surface area contributed by atoms with Crippen molar-refractivity contribution in [2.45, 2.75) is 45.7 Å². The molecule has 2 N–H and O–H groups in total. The number of carbonyl (C=O) groups excluding carboxylic acids is 2. The van der Waals surface area contributed by atoms with Crippen molar-refractivity contribution < 1.29 is 14.3 Å². The number of amides is 1. The average Bonchev–Trinajstić information content (AvgIpc) is 2.73. The molecule has 100 valence electrons. The first kappa shape index (κ1) is 15.9. The lowest BCUT2D eigenvalue weighted by Gasteiger charge is -2.26. The zero-order valence-electron chi connectivity index (χ0n) is 11.2. The van der Waals surface area contributed by atoms with Gasteiger partial charge >= 0.3 is 0 Å². The third kappa shape index (κ3) is 5.17. The summed E-state index contributed by atoms with van der Waals surface area (Å²) in [6.45, 7) is 7.34. The van der Waals surface area contributed by atoms with Gasteiger partial charge in [-0.05, 0) is 25.7 Å². The number of likely N-dealkylation sites (tertiary alicyclic amines) is 1. The van der Waals surface area contributed by atoms with Crippen LogP contribution in [0, 0.1) is 5.92 Å². The Hall–Kier alpha value is -1.10. The minimum Gasteiger partial charge on any atom is -0.471 e. The molecular weight excluding hydrogens is 220 g/mol. The highest BCUT2D eigenvalue weighted by atomic mass is 16.5. The Morgan fingerprint density at radius 2 is 2.06 bits per heavy atom. The van der Waals surface area contributed by atoms with E-state index in [0.717, 1.165) is 19.4 Å². The molecule has 0 spiro atoms. The molecule has 2 unspecified atom stereocenters. The maximum atomic E-state index is 11.8. The van der Waals surface area contributed by atoms with Crippen molar-refractivity contribution in [3.05, 3.63) is 0 Å². The van der Waals surface area contributed by atoms with Crippen molar-refractivity contribution in [2.24, 2.45) is 11.7 Å². The van der Waals surface area contributed by atoms with Gasteiger partial charge in [0.2, 0.25) is 5.91 Å². The minimum atomic E-state index is -0.319. The number of nitrogens with zero attached hydrogens (tertiary/aromatic N) is 1. The molecule has 1 saturated heterocycles. The van der Waals surface area contributed by atoms with Crippen LogP contribution in [-0.4, -0.2) is 43.0 Å². The Bertz CT molecular complexity index is 244. The highest BCUT2D eigenvalue weighted by Gasteiger charge is 2.29. The SMILES string of the molecule is CC(C)C(N)C(=O)N1CCCC1C.COC=O. The van der Waals surface area contributed by atoms with Gasteiger partial charge in [-0.2, -0.15) is 0 Å². The first-order valence-electron chi connectivity index (χ1n) is 5.98. The number of hydrogen-bond donors (Lipinski definition) is 1. The van der Waals surface area contributed by atoms with Crippen LogP contribution in [0.3, 0.4) is 0 Å². The summed E-state index contributed by atoms with van der Waals surface area (Å²) in [7, 11) is 1.31. The van der Waals surface area contributed by atoms with E-state index in [1.807, 2.05) is 18.7 Å². The Balaban J connectivity index is 0.000000557. The monoisotopic (exact) mass is 244 g/mol. The molecule has 0 aromatic rings. The predicted molar refractivity (Wildman–Crippen MR) is 66.3 cm³/mol. The summed E-state index contributed by atoms with van der Waals surface area (Å²) in [5, 5.41) is 0. The Morgan fingerprint density at radius 3 is 2.35 bits per heavy atom. The number of hydrogen-bond acceptors (Lipinski definition) is 4. The van der Waals surface area contributed by atoms with Crippen molar-refractivity contribution in [1.82, 2.24) is 4.90 Å². The first-order valence-corrected chi connectivity index (χ1v) is 5.98. The minimum absolute atomic E-state index is 0.125. The lowest BCUT2D eigenvalue weighted by Crippen LogP contribution is -2.47. The summed E-state index contributed by atoms with van der Waals surface area (Å²) < 4.78 is 3.86. The molecule has 0 bridgehead atoms. The predicted octanol–water partition coefficient (Wildman–Crippen LogP) is 0.770. The molecule has 0 radical (unpaired) electrons. The largest absolute Gasteiger partial charge is 0.471 e. The van der Waals surface area contributed by atoms with Crippen molar-refractivity contribution in [2.75, 3.05) is 13.7 Å². The summed E-state index contributed by atoms with van der Waals surface area (Å²) in [6.07, 6.45) is 2.24. The summed E-state index contributed by atoms with van der Waals surface area (Å²) in [4.78, 5) is 22.7. The molecule has 1 rings (SSSR count). The lowest BCUT2D eigenvalue weighted by molar-refractivity contribution is -0.134. The molecule has 0 aliphatic carbocycles. The van der Waals surface area contributed by atoms with Gasteiger partial charge in [0.05, 0.1) is 13.2 Å². The van der Waals surface area contributed by atoms with Crippen LogP contribution < -0.4 is 5.73 Å². The van der Waals surface area contributed by atoms with Gasteiger partial charge in [0.15, 0.2) is 0 Å². The van der Waals surface area contributed by atoms with Gasteiger partial charge in [-0.25, -0.2) is 0 Å². The maximum Gasteiger partial charge on any atom is 0.292 e. The van der Waals surface area contributed by atoms with Crippen LogP contribution in [0.2, 0.25) is 0 Å². The van der Waals surface area contributed by atoms with E-state index >= 15 is 0 Å². The molecule has 0 aromatic heterocycles. The molecule has 1 fully saturated rings. The number of ether oxygens (including phenoxy) is 1. The van der Waals surface area contributed by atoms with Crippen molar-refractivity contribution in [1.29, 1.82) is 0 Å². The van der Waals surface area contributed by atoms with Crippen molar-refractivity contribution in [3.63, 3.8) is 0 Å². The van der Waals surface area contributed by atoms with Crippen LogP contribution in [0.5, 0.6) is 0 Å². The van der Waals surface area contributed by atoms with E-state index in [2.05, 4.69) is 11.7 Å². The summed E-state index contributed by atoms with van der Waals surface area (Å²) in [6, 6.07) is 0.0675. The van der Waals surface area contributed by atoms with Gasteiger partial charge in [-0.3, -0.25) is 9.59 Å². The molecule has 5 nitrogen and oxygen atoms in total. The number of carbonyl (C=O) groups is 2. The zero-order valence-corrected chi connectivity index (χ0v) is 11.2. The fraction of sp³-hybridized carbons (Fsp3) is 0.833. The van der Waals surface area contributed by atoms with Gasteiger partial charge in [-0.1, -0.05) is 13.8 Å². The van der Waals surface area contributed by atoms with Crippen LogP contribution in [0.15, 0.2) is 0 Å². The number of methoxy groups -OCH3 is 1. The van der Waals surface area contributed by atoms with E-state index in [-0.39, 0.29) is 17.9 Å². The van der Waals surface area contributed by atoms with Crippen LogP contribution in [-0.2, 0) is 14.3 Å². The lowest BCUT2D eigenvalue weighted by atomic mass is 10.0. The third-order valence-corrected chi connectivity index (χ3v) is 2.94. The summed E-state index contributed by atoms with van der Waals surface area (Å²) >= 11 is 0. The summed E-state index contributed by atoms with van der Waals surface area (Å²) in [5.74, 6) is 0.361. The second-order valence-electron chi connectivity index (χ2n) is 4.62. The number of nitrogens with two attached hydrogens (primary N) is 1. The molecule has 1 aliphatic heterocycles. The standard InChI is InChI=1S/C10H20N2O.C2H4O2/c1-7(2)9(11)10(13)12-6-4-5-8(12)3;1-4-2-3/h7-9H,4-6,11H2,1-3H3;2H,1H3. The molecule has 2 atom stereocenters. The van der Waals surface area contributed by atoms with E-state index in [0.29, 0.717) is 12.5 Å². The van der Waals surface area contributed by atoms with Gasteiger partial charge in [0.1, 0.15) is 0 Å². The van der Waals surface area contributed by atoms with Crippen LogP contribution in [0.1, 0.15) is 33.6 Å². The molecule has 0 aromatic carbocycles. The fourth-order valence-corrected chi connectivity index (χ4v) is 1.74. The zero-order chi connectivity index (χ0) is 13.4.